The van der Waals surface area contributed by atoms with Gasteiger partial charge in [0.2, 0.25) is 5.95 Å². The number of nitrogens with one attached hydrogen (secondary N) is 2. The van der Waals surface area contributed by atoms with Gasteiger partial charge in [0.05, 0.1) is 0 Å². The molecule has 0 radical (unpaired) electrons. The smallest absolute Gasteiger partial charge is 0.339 e. The molecule has 1 atom stereocenters. The van der Waals surface area contributed by atoms with Crippen LogP contribution in [0, 0.1) is 0 Å². The second-order valence-corrected chi connectivity index (χ2v) is 7.90. The van der Waals surface area contributed by atoms with E-state index in [0.29, 0.717) is 5.69 Å². The normalized spacial score (nSPS) is 12.4. The fourth-order valence-corrected chi connectivity index (χ4v) is 3.40. The summed E-state index contributed by atoms with van der Waals surface area (Å²) in [6, 6.07) is 15.1. The topological polar surface area (TPSA) is 49.8 Å². The van der Waals surface area contributed by atoms with E-state index in [1.54, 1.807) is 12.1 Å². The van der Waals surface area contributed by atoms with E-state index in [9.17, 15) is 13.2 Å². The number of alkyl halides is 3. The van der Waals surface area contributed by atoms with Crippen LogP contribution in [0.5, 0.6) is 0 Å². The molecule has 2 aromatic carbocycles. The molecule has 1 heterocycles. The number of hydrogen-bond acceptors (Lipinski definition) is 4. The molecule has 0 bridgehead atoms. The molecule has 3 aromatic rings. The van der Waals surface area contributed by atoms with Gasteiger partial charge in [-0.25, -0.2) is 4.98 Å². The molecule has 0 saturated carbocycles. The van der Waals surface area contributed by atoms with E-state index in [1.807, 2.05) is 50.2 Å². The third kappa shape index (κ3) is 5.99. The van der Waals surface area contributed by atoms with Gasteiger partial charge in [-0.2, -0.15) is 18.2 Å². The Morgan fingerprint density at radius 2 is 1.69 bits per heavy atom. The molecule has 0 spiro atoms. The number of aryl methyl sites for hydroxylation is 1. The highest BCUT2D eigenvalue weighted by molar-refractivity contribution is 5.66. The zero-order valence-electron chi connectivity index (χ0n) is 18.6. The number of benzene rings is 2. The summed E-state index contributed by atoms with van der Waals surface area (Å²) in [5.41, 5.74) is 2.58. The van der Waals surface area contributed by atoms with E-state index in [4.69, 9.17) is 0 Å². The predicted molar refractivity (Wildman–Crippen MR) is 124 cm³/mol. The molecule has 0 amide bonds. The van der Waals surface area contributed by atoms with Crippen molar-refractivity contribution in [3.8, 4) is 0 Å². The Bertz CT molecular complexity index is 1020. The Morgan fingerprint density at radius 1 is 0.969 bits per heavy atom. The molecule has 1 unspecified atom stereocenters. The highest BCUT2D eigenvalue weighted by atomic mass is 19.4. The van der Waals surface area contributed by atoms with Crippen LogP contribution in [0.2, 0.25) is 0 Å². The van der Waals surface area contributed by atoms with Gasteiger partial charge in [0, 0.05) is 17.6 Å². The summed E-state index contributed by atoms with van der Waals surface area (Å²) in [6.07, 6.45) is 0.344. The number of unbranched alkanes of at least 4 members (excludes halogenated alkanes) is 1. The largest absolute Gasteiger partial charge is 0.421 e. The summed E-state index contributed by atoms with van der Waals surface area (Å²) < 4.78 is 40.9. The minimum Gasteiger partial charge on any atom is -0.339 e. The van der Waals surface area contributed by atoms with E-state index in [2.05, 4.69) is 27.5 Å². The van der Waals surface area contributed by atoms with E-state index in [0.717, 1.165) is 43.1 Å². The summed E-state index contributed by atoms with van der Waals surface area (Å²) >= 11 is 0. The maximum absolute atomic E-state index is 13.6. The molecule has 0 fully saturated rings. The molecule has 0 aliphatic carbocycles. The number of hydrogen-bond donors (Lipinski definition) is 2. The van der Waals surface area contributed by atoms with Crippen molar-refractivity contribution < 1.29 is 13.2 Å². The number of rotatable bonds is 9. The number of halogens is 3. The molecular weight excluding hydrogens is 413 g/mol. The van der Waals surface area contributed by atoms with Gasteiger partial charge in [0.25, 0.3) is 0 Å². The molecule has 3 rings (SSSR count). The lowest BCUT2D eigenvalue weighted by Gasteiger charge is -2.19. The molecule has 0 aliphatic rings. The van der Waals surface area contributed by atoms with Gasteiger partial charge in [-0.3, -0.25) is 0 Å². The van der Waals surface area contributed by atoms with Gasteiger partial charge in [-0.15, -0.1) is 0 Å². The highest BCUT2D eigenvalue weighted by Gasteiger charge is 2.35. The minimum atomic E-state index is -4.58. The Kier molecular flexibility index (Phi) is 7.72. The van der Waals surface area contributed by atoms with Crippen molar-refractivity contribution in [3.05, 3.63) is 71.4 Å². The Balaban J connectivity index is 1.89. The van der Waals surface area contributed by atoms with Crippen molar-refractivity contribution in [1.82, 2.24) is 9.97 Å². The molecule has 32 heavy (non-hydrogen) atoms. The SMILES string of the molecule is CCCCc1ccc(Nc2ncc(C(F)(F)F)c(Nc3ccccc3C(C)CC)n2)cc1. The second kappa shape index (κ2) is 10.5. The first-order chi connectivity index (χ1) is 15.3. The summed E-state index contributed by atoms with van der Waals surface area (Å²) in [5, 5.41) is 5.92. The van der Waals surface area contributed by atoms with Crippen LogP contribution in [0.4, 0.5) is 36.3 Å². The monoisotopic (exact) mass is 442 g/mol. The maximum Gasteiger partial charge on any atom is 0.421 e. The summed E-state index contributed by atoms with van der Waals surface area (Å²) in [6.45, 7) is 6.23. The summed E-state index contributed by atoms with van der Waals surface area (Å²) in [4.78, 5) is 8.08. The highest BCUT2D eigenvalue weighted by Crippen LogP contribution is 2.37. The third-order valence-electron chi connectivity index (χ3n) is 5.48. The number of anilines is 4. The summed E-state index contributed by atoms with van der Waals surface area (Å²) in [5.74, 6) is 0.0202. The van der Waals surface area contributed by atoms with Crippen molar-refractivity contribution in [3.63, 3.8) is 0 Å². The summed E-state index contributed by atoms with van der Waals surface area (Å²) in [7, 11) is 0. The lowest BCUT2D eigenvalue weighted by molar-refractivity contribution is -0.137. The molecule has 7 heteroatoms. The fourth-order valence-electron chi connectivity index (χ4n) is 3.40. The molecule has 170 valence electrons. The van der Waals surface area contributed by atoms with Crippen molar-refractivity contribution >= 4 is 23.1 Å². The van der Waals surface area contributed by atoms with Crippen LogP contribution < -0.4 is 10.6 Å². The second-order valence-electron chi connectivity index (χ2n) is 7.90. The van der Waals surface area contributed by atoms with Crippen LogP contribution >= 0.6 is 0 Å². The first-order valence-electron chi connectivity index (χ1n) is 11.0. The van der Waals surface area contributed by atoms with Crippen molar-refractivity contribution in [2.45, 2.75) is 58.5 Å². The molecule has 0 aliphatic heterocycles. The van der Waals surface area contributed by atoms with Gasteiger partial charge >= 0.3 is 6.18 Å². The quantitative estimate of drug-likeness (QED) is 0.354. The molecule has 2 N–H and O–H groups in total. The first kappa shape index (κ1) is 23.6. The van der Waals surface area contributed by atoms with Crippen LogP contribution in [0.1, 0.15) is 62.6 Å². The van der Waals surface area contributed by atoms with Gasteiger partial charge in [-0.1, -0.05) is 57.5 Å². The first-order valence-corrected chi connectivity index (χ1v) is 11.0. The predicted octanol–water partition coefficient (Wildman–Crippen LogP) is 7.84. The molecule has 4 nitrogen and oxygen atoms in total. The fraction of sp³-hybridized carbons (Fsp3) is 0.360. The van der Waals surface area contributed by atoms with E-state index >= 15 is 0 Å². The van der Waals surface area contributed by atoms with Crippen molar-refractivity contribution in [2.24, 2.45) is 0 Å². The number of para-hydroxylation sites is 1. The Labute approximate surface area is 187 Å². The molecule has 1 aromatic heterocycles. The van der Waals surface area contributed by atoms with E-state index in [-0.39, 0.29) is 17.7 Å². The van der Waals surface area contributed by atoms with Crippen LogP contribution in [-0.4, -0.2) is 9.97 Å². The molecular formula is C25H29F3N4. The average molecular weight is 443 g/mol. The van der Waals surface area contributed by atoms with Crippen LogP contribution in [0.15, 0.2) is 54.7 Å². The lowest BCUT2D eigenvalue weighted by Crippen LogP contribution is -2.13. The van der Waals surface area contributed by atoms with Gasteiger partial charge in [-0.05, 0) is 54.5 Å². The standard InChI is InChI=1S/C25H29F3N4/c1-4-6-9-18-12-14-19(15-13-18)30-24-29-16-21(25(26,27)28)23(32-24)31-22-11-8-7-10-20(22)17(3)5-2/h7-8,10-17H,4-6,9H2,1-3H3,(H2,29,30,31,32). The lowest BCUT2D eigenvalue weighted by atomic mass is 9.97. The van der Waals surface area contributed by atoms with E-state index in [1.165, 1.54) is 5.56 Å². The average Bonchev–Trinajstić information content (AvgIpc) is 2.78. The third-order valence-corrected chi connectivity index (χ3v) is 5.48. The van der Waals surface area contributed by atoms with Gasteiger partial charge in [0.15, 0.2) is 0 Å². The zero-order valence-corrected chi connectivity index (χ0v) is 18.6. The van der Waals surface area contributed by atoms with Crippen LogP contribution in [0.3, 0.4) is 0 Å². The van der Waals surface area contributed by atoms with Crippen molar-refractivity contribution in [2.75, 3.05) is 10.6 Å². The van der Waals surface area contributed by atoms with Crippen molar-refractivity contribution in [1.29, 1.82) is 0 Å². The number of nitrogens with zero attached hydrogens (tertiary/aromatic N) is 2. The maximum atomic E-state index is 13.6. The molecule has 0 saturated heterocycles. The Morgan fingerprint density at radius 3 is 2.34 bits per heavy atom. The van der Waals surface area contributed by atoms with Gasteiger partial charge in [0.1, 0.15) is 11.4 Å². The zero-order chi connectivity index (χ0) is 23.1. The van der Waals surface area contributed by atoms with Crippen LogP contribution in [0.25, 0.3) is 0 Å². The van der Waals surface area contributed by atoms with Crippen LogP contribution in [-0.2, 0) is 12.6 Å². The van der Waals surface area contributed by atoms with Gasteiger partial charge < -0.3 is 10.6 Å². The minimum absolute atomic E-state index is 0.0998. The number of aromatic nitrogens is 2. The van der Waals surface area contributed by atoms with E-state index < -0.39 is 11.7 Å². The Hall–Kier alpha value is -3.09.